The standard InChI is InChI=1S/C24H21NO2S/c1-27-24(26)19-11-13-21(14-12-19)25(15-18-7-3-2-4-8-18)16-20-17-28-23-10-6-5-9-22(20)23/h2-14,17H,15-16H2,1H3. The molecule has 0 bridgehead atoms. The number of benzene rings is 3. The molecule has 0 radical (unpaired) electrons. The highest BCUT2D eigenvalue weighted by atomic mass is 32.1. The van der Waals surface area contributed by atoms with Gasteiger partial charge in [0.25, 0.3) is 0 Å². The highest BCUT2D eigenvalue weighted by Crippen LogP contribution is 2.29. The molecule has 0 N–H and O–H groups in total. The van der Waals surface area contributed by atoms with Crippen molar-refractivity contribution in [2.45, 2.75) is 13.1 Å². The van der Waals surface area contributed by atoms with Gasteiger partial charge in [-0.1, -0.05) is 48.5 Å². The van der Waals surface area contributed by atoms with E-state index in [1.165, 1.54) is 28.3 Å². The molecule has 0 aliphatic rings. The number of rotatable bonds is 6. The molecule has 1 aromatic heterocycles. The Bertz CT molecular complexity index is 1070. The fraction of sp³-hybridized carbons (Fsp3) is 0.125. The summed E-state index contributed by atoms with van der Waals surface area (Å²) in [5.41, 5.74) is 4.20. The summed E-state index contributed by atoms with van der Waals surface area (Å²) in [6.45, 7) is 1.60. The predicted octanol–water partition coefficient (Wildman–Crippen LogP) is 5.89. The number of methoxy groups -OCH3 is 1. The van der Waals surface area contributed by atoms with E-state index in [4.69, 9.17) is 4.74 Å². The Hall–Kier alpha value is -3.11. The molecular weight excluding hydrogens is 366 g/mol. The van der Waals surface area contributed by atoms with E-state index in [2.05, 4.69) is 58.8 Å². The van der Waals surface area contributed by atoms with Gasteiger partial charge in [0, 0.05) is 23.5 Å². The minimum absolute atomic E-state index is 0.315. The van der Waals surface area contributed by atoms with Crippen LogP contribution in [0.2, 0.25) is 0 Å². The Labute approximate surface area is 168 Å². The highest BCUT2D eigenvalue weighted by molar-refractivity contribution is 7.17. The molecule has 0 aliphatic carbocycles. The zero-order valence-electron chi connectivity index (χ0n) is 15.7. The molecule has 0 saturated carbocycles. The lowest BCUT2D eigenvalue weighted by Crippen LogP contribution is -2.22. The van der Waals surface area contributed by atoms with Crippen molar-refractivity contribution >= 4 is 33.1 Å². The van der Waals surface area contributed by atoms with E-state index in [-0.39, 0.29) is 5.97 Å². The van der Waals surface area contributed by atoms with Crippen molar-refractivity contribution < 1.29 is 9.53 Å². The summed E-state index contributed by atoms with van der Waals surface area (Å²) in [5.74, 6) is -0.315. The van der Waals surface area contributed by atoms with Crippen LogP contribution in [0.15, 0.2) is 84.2 Å². The maximum absolute atomic E-state index is 11.8. The number of thiophene rings is 1. The van der Waals surface area contributed by atoms with Crippen molar-refractivity contribution in [2.75, 3.05) is 12.0 Å². The van der Waals surface area contributed by atoms with Gasteiger partial charge in [-0.3, -0.25) is 0 Å². The Kier molecular flexibility index (Phi) is 5.40. The zero-order valence-corrected chi connectivity index (χ0v) is 16.5. The van der Waals surface area contributed by atoms with Gasteiger partial charge in [-0.05, 0) is 52.2 Å². The van der Waals surface area contributed by atoms with E-state index < -0.39 is 0 Å². The zero-order chi connectivity index (χ0) is 19.3. The van der Waals surface area contributed by atoms with Gasteiger partial charge in [0.05, 0.1) is 12.7 Å². The molecule has 0 aliphatic heterocycles. The maximum atomic E-state index is 11.8. The monoisotopic (exact) mass is 387 g/mol. The number of hydrogen-bond donors (Lipinski definition) is 0. The first-order chi connectivity index (χ1) is 13.7. The molecule has 4 aromatic rings. The molecule has 3 nitrogen and oxygen atoms in total. The summed E-state index contributed by atoms with van der Waals surface area (Å²) >= 11 is 1.78. The number of carbonyl (C=O) groups is 1. The maximum Gasteiger partial charge on any atom is 0.337 e. The van der Waals surface area contributed by atoms with Gasteiger partial charge in [-0.25, -0.2) is 4.79 Å². The largest absolute Gasteiger partial charge is 0.465 e. The SMILES string of the molecule is COC(=O)c1ccc(N(Cc2ccccc2)Cc2csc3ccccc23)cc1. The third-order valence-electron chi connectivity index (χ3n) is 4.79. The van der Waals surface area contributed by atoms with Crippen LogP contribution in [0.4, 0.5) is 5.69 Å². The van der Waals surface area contributed by atoms with Crippen molar-refractivity contribution in [3.8, 4) is 0 Å². The van der Waals surface area contributed by atoms with Crippen LogP contribution in [-0.2, 0) is 17.8 Å². The van der Waals surface area contributed by atoms with Crippen molar-refractivity contribution in [1.29, 1.82) is 0 Å². The molecule has 140 valence electrons. The topological polar surface area (TPSA) is 29.5 Å². The fourth-order valence-corrected chi connectivity index (χ4v) is 4.28. The molecule has 0 atom stereocenters. The molecule has 0 unspecified atom stereocenters. The van der Waals surface area contributed by atoms with Crippen LogP contribution in [0, 0.1) is 0 Å². The van der Waals surface area contributed by atoms with E-state index in [0.717, 1.165) is 18.8 Å². The van der Waals surface area contributed by atoms with Crippen LogP contribution in [0.5, 0.6) is 0 Å². The van der Waals surface area contributed by atoms with Gasteiger partial charge in [-0.15, -0.1) is 11.3 Å². The number of hydrogen-bond acceptors (Lipinski definition) is 4. The van der Waals surface area contributed by atoms with Crippen LogP contribution in [-0.4, -0.2) is 13.1 Å². The summed E-state index contributed by atoms with van der Waals surface area (Å²) in [4.78, 5) is 14.1. The van der Waals surface area contributed by atoms with Crippen LogP contribution < -0.4 is 4.90 Å². The lowest BCUT2D eigenvalue weighted by Gasteiger charge is -2.25. The first-order valence-electron chi connectivity index (χ1n) is 9.17. The van der Waals surface area contributed by atoms with Crippen molar-refractivity contribution in [1.82, 2.24) is 0 Å². The van der Waals surface area contributed by atoms with Gasteiger partial charge in [0.15, 0.2) is 0 Å². The molecular formula is C24H21NO2S. The van der Waals surface area contributed by atoms with Gasteiger partial charge < -0.3 is 9.64 Å². The molecule has 1 heterocycles. The first-order valence-corrected chi connectivity index (χ1v) is 10.0. The molecule has 0 saturated heterocycles. The summed E-state index contributed by atoms with van der Waals surface area (Å²) in [6, 6.07) is 26.6. The average molecular weight is 388 g/mol. The molecule has 4 rings (SSSR count). The van der Waals surface area contributed by atoms with E-state index in [0.29, 0.717) is 5.56 Å². The summed E-state index contributed by atoms with van der Waals surface area (Å²) in [7, 11) is 1.40. The number of anilines is 1. The summed E-state index contributed by atoms with van der Waals surface area (Å²) < 4.78 is 6.12. The van der Waals surface area contributed by atoms with Gasteiger partial charge in [-0.2, -0.15) is 0 Å². The highest BCUT2D eigenvalue weighted by Gasteiger charge is 2.13. The lowest BCUT2D eigenvalue weighted by atomic mass is 10.1. The number of nitrogens with zero attached hydrogens (tertiary/aromatic N) is 1. The van der Waals surface area contributed by atoms with Crippen LogP contribution in [0.3, 0.4) is 0 Å². The first kappa shape index (κ1) is 18.3. The van der Waals surface area contributed by atoms with Crippen LogP contribution in [0.1, 0.15) is 21.5 Å². The minimum atomic E-state index is -0.315. The van der Waals surface area contributed by atoms with E-state index in [1.807, 2.05) is 30.3 Å². The smallest absolute Gasteiger partial charge is 0.337 e. The second kappa shape index (κ2) is 8.28. The third-order valence-corrected chi connectivity index (χ3v) is 5.80. The molecule has 0 fully saturated rings. The second-order valence-corrected chi connectivity index (χ2v) is 7.55. The van der Waals surface area contributed by atoms with Gasteiger partial charge >= 0.3 is 5.97 Å². The fourth-order valence-electron chi connectivity index (χ4n) is 3.33. The Balaban J connectivity index is 1.66. The number of carbonyl (C=O) groups excluding carboxylic acids is 1. The quantitative estimate of drug-likeness (QED) is 0.386. The van der Waals surface area contributed by atoms with E-state index in [9.17, 15) is 4.79 Å². The predicted molar refractivity (Wildman–Crippen MR) is 116 cm³/mol. The lowest BCUT2D eigenvalue weighted by molar-refractivity contribution is 0.0601. The molecule has 28 heavy (non-hydrogen) atoms. The Morgan fingerprint density at radius 1 is 0.893 bits per heavy atom. The number of fused-ring (bicyclic) bond motifs is 1. The molecule has 0 spiro atoms. The average Bonchev–Trinajstić information content (AvgIpc) is 3.16. The Morgan fingerprint density at radius 3 is 2.36 bits per heavy atom. The van der Waals surface area contributed by atoms with Crippen LogP contribution >= 0.6 is 11.3 Å². The van der Waals surface area contributed by atoms with E-state index >= 15 is 0 Å². The number of ether oxygens (including phenoxy) is 1. The van der Waals surface area contributed by atoms with Crippen LogP contribution in [0.25, 0.3) is 10.1 Å². The van der Waals surface area contributed by atoms with E-state index in [1.54, 1.807) is 11.3 Å². The minimum Gasteiger partial charge on any atom is -0.465 e. The van der Waals surface area contributed by atoms with Gasteiger partial charge in [0.2, 0.25) is 0 Å². The van der Waals surface area contributed by atoms with Crippen molar-refractivity contribution in [2.24, 2.45) is 0 Å². The second-order valence-electron chi connectivity index (χ2n) is 6.64. The Morgan fingerprint density at radius 2 is 1.61 bits per heavy atom. The summed E-state index contributed by atoms with van der Waals surface area (Å²) in [6.07, 6.45) is 0. The molecule has 0 amide bonds. The van der Waals surface area contributed by atoms with Crippen molar-refractivity contribution in [3.05, 3.63) is 101 Å². The normalized spacial score (nSPS) is 10.8. The van der Waals surface area contributed by atoms with Crippen molar-refractivity contribution in [3.63, 3.8) is 0 Å². The molecule has 3 aromatic carbocycles. The summed E-state index contributed by atoms with van der Waals surface area (Å²) in [5, 5.41) is 3.54. The van der Waals surface area contributed by atoms with Gasteiger partial charge in [0.1, 0.15) is 0 Å². The number of esters is 1. The molecule has 4 heteroatoms. The third kappa shape index (κ3) is 3.92.